The van der Waals surface area contributed by atoms with Crippen LogP contribution in [-0.4, -0.2) is 26.2 Å². The second-order valence-electron chi connectivity index (χ2n) is 1.67. The van der Waals surface area contributed by atoms with Crippen molar-refractivity contribution in [3.8, 4) is 0 Å². The van der Waals surface area contributed by atoms with Crippen LogP contribution in [0.5, 0.6) is 0 Å². The molecule has 0 fully saturated rings. The molecule has 4 heteroatoms. The van der Waals surface area contributed by atoms with E-state index < -0.39 is 15.1 Å². The fourth-order valence-electron chi connectivity index (χ4n) is 0.101. The molecule has 0 aromatic carbocycles. The quantitative estimate of drug-likeness (QED) is 0.486. The molecule has 0 saturated heterocycles. The SMILES string of the molecule is CC(C=O)S(C)(=O)=O. The predicted molar refractivity (Wildman–Crippen MR) is 30.4 cm³/mol. The monoisotopic (exact) mass is 136 g/mol. The molecule has 0 spiro atoms. The molecule has 0 aliphatic rings. The van der Waals surface area contributed by atoms with Crippen LogP contribution < -0.4 is 0 Å². The molecule has 0 amide bonds. The Labute approximate surface area is 48.6 Å². The average molecular weight is 136 g/mol. The first kappa shape index (κ1) is 7.62. The van der Waals surface area contributed by atoms with E-state index in [9.17, 15) is 13.2 Å². The summed E-state index contributed by atoms with van der Waals surface area (Å²) in [5, 5.41) is -0.859. The number of hydrogen-bond donors (Lipinski definition) is 0. The zero-order valence-corrected chi connectivity index (χ0v) is 5.60. The zero-order chi connectivity index (χ0) is 6.78. The molecule has 1 unspecified atom stereocenters. The Morgan fingerprint density at radius 1 is 1.50 bits per heavy atom. The Balaban J connectivity index is 4.26. The first-order valence-electron chi connectivity index (χ1n) is 2.12. The predicted octanol–water partition coefficient (Wildman–Crippen LogP) is -0.382. The van der Waals surface area contributed by atoms with Crippen molar-refractivity contribution in [3.63, 3.8) is 0 Å². The normalized spacial score (nSPS) is 15.2. The number of carbonyl (C=O) groups excluding carboxylic acids is 1. The van der Waals surface area contributed by atoms with Gasteiger partial charge in [0.25, 0.3) is 0 Å². The van der Waals surface area contributed by atoms with Crippen LogP contribution in [0.4, 0.5) is 0 Å². The maximum Gasteiger partial charge on any atom is 0.156 e. The Morgan fingerprint density at radius 2 is 1.88 bits per heavy atom. The van der Waals surface area contributed by atoms with Crippen LogP contribution in [0.25, 0.3) is 0 Å². The van der Waals surface area contributed by atoms with E-state index in [1.54, 1.807) is 0 Å². The molecule has 0 rings (SSSR count). The summed E-state index contributed by atoms with van der Waals surface area (Å²) in [6.45, 7) is 1.35. The van der Waals surface area contributed by atoms with Crippen molar-refractivity contribution in [2.75, 3.05) is 6.26 Å². The van der Waals surface area contributed by atoms with Crippen LogP contribution in [0, 0.1) is 0 Å². The van der Waals surface area contributed by atoms with E-state index in [4.69, 9.17) is 0 Å². The van der Waals surface area contributed by atoms with Crippen molar-refractivity contribution in [2.45, 2.75) is 12.2 Å². The van der Waals surface area contributed by atoms with Crippen LogP contribution in [-0.2, 0) is 14.6 Å². The second kappa shape index (κ2) is 2.26. The van der Waals surface area contributed by atoms with Gasteiger partial charge < -0.3 is 4.79 Å². The summed E-state index contributed by atoms with van der Waals surface area (Å²) < 4.78 is 20.7. The molecule has 3 nitrogen and oxygen atoms in total. The van der Waals surface area contributed by atoms with Crippen molar-refractivity contribution < 1.29 is 13.2 Å². The molecule has 0 aliphatic carbocycles. The summed E-state index contributed by atoms with van der Waals surface area (Å²) in [5.74, 6) is 0. The fraction of sp³-hybridized carbons (Fsp3) is 0.750. The Hall–Kier alpha value is -0.380. The first-order chi connectivity index (χ1) is 3.48. The lowest BCUT2D eigenvalue weighted by atomic mass is 10.5. The van der Waals surface area contributed by atoms with Gasteiger partial charge in [0.15, 0.2) is 9.84 Å². The van der Waals surface area contributed by atoms with Crippen molar-refractivity contribution in [2.24, 2.45) is 0 Å². The zero-order valence-electron chi connectivity index (χ0n) is 4.79. The topological polar surface area (TPSA) is 51.2 Å². The highest BCUT2D eigenvalue weighted by Gasteiger charge is 2.11. The molecular formula is C4H8O3S. The highest BCUT2D eigenvalue weighted by Crippen LogP contribution is 1.90. The maximum atomic E-state index is 10.3. The van der Waals surface area contributed by atoms with Gasteiger partial charge in [-0.25, -0.2) is 8.42 Å². The molecule has 0 bridgehead atoms. The third-order valence-electron chi connectivity index (χ3n) is 0.867. The molecule has 0 N–H and O–H groups in total. The highest BCUT2D eigenvalue weighted by molar-refractivity contribution is 7.91. The number of aldehydes is 1. The van der Waals surface area contributed by atoms with E-state index in [-0.39, 0.29) is 0 Å². The van der Waals surface area contributed by atoms with E-state index in [0.29, 0.717) is 6.29 Å². The van der Waals surface area contributed by atoms with E-state index in [1.165, 1.54) is 6.92 Å². The summed E-state index contributed by atoms with van der Waals surface area (Å²) in [6.07, 6.45) is 1.45. The summed E-state index contributed by atoms with van der Waals surface area (Å²) in [4.78, 5) is 9.77. The van der Waals surface area contributed by atoms with Crippen LogP contribution in [0.15, 0.2) is 0 Å². The minimum atomic E-state index is -3.12. The Morgan fingerprint density at radius 3 is 1.88 bits per heavy atom. The molecular weight excluding hydrogens is 128 g/mol. The Kier molecular flexibility index (Phi) is 2.15. The minimum Gasteiger partial charge on any atom is -0.302 e. The Bertz CT molecular complexity index is 168. The first-order valence-corrected chi connectivity index (χ1v) is 4.08. The molecule has 0 aromatic heterocycles. The van der Waals surface area contributed by atoms with Gasteiger partial charge >= 0.3 is 0 Å². The van der Waals surface area contributed by atoms with Crippen LogP contribution in [0.3, 0.4) is 0 Å². The summed E-state index contributed by atoms with van der Waals surface area (Å²) in [5.41, 5.74) is 0. The largest absolute Gasteiger partial charge is 0.302 e. The molecule has 0 radical (unpaired) electrons. The maximum absolute atomic E-state index is 10.3. The molecule has 48 valence electrons. The molecule has 0 heterocycles. The third-order valence-corrected chi connectivity index (χ3v) is 2.33. The van der Waals surface area contributed by atoms with Gasteiger partial charge in [-0.3, -0.25) is 0 Å². The third kappa shape index (κ3) is 2.07. The second-order valence-corrected chi connectivity index (χ2v) is 4.07. The van der Waals surface area contributed by atoms with Gasteiger partial charge in [-0.05, 0) is 6.92 Å². The van der Waals surface area contributed by atoms with Crippen molar-refractivity contribution in [3.05, 3.63) is 0 Å². The highest BCUT2D eigenvalue weighted by atomic mass is 32.2. The van der Waals surface area contributed by atoms with Gasteiger partial charge in [0.05, 0.1) is 0 Å². The summed E-state index contributed by atoms with van der Waals surface area (Å²) in [6, 6.07) is 0. The number of carbonyl (C=O) groups is 1. The molecule has 0 aliphatic heterocycles. The fourth-order valence-corrected chi connectivity index (χ4v) is 0.303. The van der Waals surface area contributed by atoms with Crippen LogP contribution in [0.2, 0.25) is 0 Å². The molecule has 0 aromatic rings. The summed E-state index contributed by atoms with van der Waals surface area (Å²) >= 11 is 0. The van der Waals surface area contributed by atoms with Gasteiger partial charge in [0, 0.05) is 6.26 Å². The molecule has 0 saturated carbocycles. The standard InChI is InChI=1S/C4H8O3S/c1-4(3-5)8(2,6)7/h3-4H,1-2H3. The van der Waals surface area contributed by atoms with Crippen LogP contribution in [0.1, 0.15) is 6.92 Å². The lowest BCUT2D eigenvalue weighted by Gasteiger charge is -1.95. The molecule has 1 atom stereocenters. The number of sulfone groups is 1. The average Bonchev–Trinajstić information content (AvgIpc) is 1.62. The van der Waals surface area contributed by atoms with Gasteiger partial charge in [-0.1, -0.05) is 0 Å². The van der Waals surface area contributed by atoms with Crippen molar-refractivity contribution >= 4 is 16.1 Å². The van der Waals surface area contributed by atoms with Gasteiger partial charge in [-0.2, -0.15) is 0 Å². The van der Waals surface area contributed by atoms with Crippen molar-refractivity contribution in [1.82, 2.24) is 0 Å². The van der Waals surface area contributed by atoms with E-state index in [1.807, 2.05) is 0 Å². The smallest absolute Gasteiger partial charge is 0.156 e. The lowest BCUT2D eigenvalue weighted by Crippen LogP contribution is -2.16. The number of rotatable bonds is 2. The van der Waals surface area contributed by atoms with E-state index in [0.717, 1.165) is 6.26 Å². The van der Waals surface area contributed by atoms with E-state index >= 15 is 0 Å². The van der Waals surface area contributed by atoms with E-state index in [2.05, 4.69) is 0 Å². The lowest BCUT2D eigenvalue weighted by molar-refractivity contribution is -0.107. The van der Waals surface area contributed by atoms with Gasteiger partial charge in [0.1, 0.15) is 11.5 Å². The number of hydrogen-bond acceptors (Lipinski definition) is 3. The minimum absolute atomic E-state index is 0.412. The van der Waals surface area contributed by atoms with Crippen LogP contribution >= 0.6 is 0 Å². The summed E-state index contributed by atoms with van der Waals surface area (Å²) in [7, 11) is -3.12. The van der Waals surface area contributed by atoms with Crippen molar-refractivity contribution in [1.29, 1.82) is 0 Å². The molecule has 8 heavy (non-hydrogen) atoms. The van der Waals surface area contributed by atoms with Gasteiger partial charge in [0.2, 0.25) is 0 Å². The van der Waals surface area contributed by atoms with Gasteiger partial charge in [-0.15, -0.1) is 0 Å².